The van der Waals surface area contributed by atoms with Crippen LogP contribution in [0.4, 0.5) is 0 Å². The van der Waals surface area contributed by atoms with Crippen LogP contribution in [0, 0.1) is 11.8 Å². The van der Waals surface area contributed by atoms with Gasteiger partial charge < -0.3 is 18.9 Å². The maximum Gasteiger partial charge on any atom is 0.314 e. The van der Waals surface area contributed by atoms with Crippen LogP contribution < -0.4 is 0 Å². The molecule has 1 aliphatic carbocycles. The Balaban J connectivity index is 1.70. The molecule has 0 radical (unpaired) electrons. The smallest absolute Gasteiger partial charge is 0.314 e. The van der Waals surface area contributed by atoms with Gasteiger partial charge in [-0.3, -0.25) is 4.79 Å². The lowest BCUT2D eigenvalue weighted by molar-refractivity contribution is -0.166. The average molecular weight is 294 g/mol. The van der Waals surface area contributed by atoms with E-state index in [1.54, 1.807) is 7.11 Å². The molecule has 0 aromatic carbocycles. The number of esters is 1. The Kier molecular flexibility index (Phi) is 2.97. The first-order valence-corrected chi connectivity index (χ1v) is 7.76. The van der Waals surface area contributed by atoms with Crippen molar-refractivity contribution in [2.24, 2.45) is 11.8 Å². The summed E-state index contributed by atoms with van der Waals surface area (Å²) in [5, 5.41) is 0. The number of carbonyl (C=O) groups is 1. The fourth-order valence-electron chi connectivity index (χ4n) is 4.22. The lowest BCUT2D eigenvalue weighted by atomic mass is 9.81. The number of ether oxygens (including phenoxy) is 4. The highest BCUT2D eigenvalue weighted by Gasteiger charge is 2.62. The summed E-state index contributed by atoms with van der Waals surface area (Å²) >= 11 is 0. The zero-order chi connectivity index (χ0) is 14.8. The fourth-order valence-corrected chi connectivity index (χ4v) is 4.22. The van der Waals surface area contributed by atoms with E-state index in [4.69, 9.17) is 18.9 Å². The number of fused-ring (bicyclic) bond motifs is 1. The minimum atomic E-state index is -0.494. The van der Waals surface area contributed by atoms with Crippen LogP contribution in [-0.4, -0.2) is 43.3 Å². The van der Waals surface area contributed by atoms with Gasteiger partial charge in [-0.1, -0.05) is 11.6 Å². The molecule has 0 amide bonds. The predicted octanol–water partition coefficient (Wildman–Crippen LogP) is 1.80. The molecule has 3 heterocycles. The quantitative estimate of drug-likeness (QED) is 0.419. The molecule has 3 saturated heterocycles. The molecule has 0 spiro atoms. The van der Waals surface area contributed by atoms with Crippen LogP contribution in [0.2, 0.25) is 0 Å². The van der Waals surface area contributed by atoms with Crippen LogP contribution in [0.1, 0.15) is 33.1 Å². The molecule has 5 heteroatoms. The number of hydrogen-bond acceptors (Lipinski definition) is 5. The second-order valence-corrected chi connectivity index (χ2v) is 6.96. The third-order valence-corrected chi connectivity index (χ3v) is 5.47. The molecule has 21 heavy (non-hydrogen) atoms. The summed E-state index contributed by atoms with van der Waals surface area (Å²) in [6.07, 6.45) is 4.49. The third-order valence-electron chi connectivity index (χ3n) is 5.47. The number of allylic oxidation sites excluding steroid dienone is 1. The highest BCUT2D eigenvalue weighted by Crippen LogP contribution is 2.51. The van der Waals surface area contributed by atoms with Crippen LogP contribution in [0.15, 0.2) is 11.6 Å². The van der Waals surface area contributed by atoms with Crippen LogP contribution in [0.25, 0.3) is 0 Å². The minimum absolute atomic E-state index is 0.0391. The van der Waals surface area contributed by atoms with Crippen LogP contribution in [0.5, 0.6) is 0 Å². The summed E-state index contributed by atoms with van der Waals surface area (Å²) in [7, 11) is 1.58. The van der Waals surface area contributed by atoms with E-state index in [1.165, 1.54) is 5.57 Å². The van der Waals surface area contributed by atoms with Gasteiger partial charge in [0.15, 0.2) is 6.29 Å². The number of carbonyl (C=O) groups excluding carboxylic acids is 1. The molecule has 7 atom stereocenters. The van der Waals surface area contributed by atoms with Crippen molar-refractivity contribution in [3.8, 4) is 0 Å². The van der Waals surface area contributed by atoms with E-state index in [9.17, 15) is 4.79 Å². The minimum Gasteiger partial charge on any atom is -0.461 e. The van der Waals surface area contributed by atoms with E-state index in [-0.39, 0.29) is 41.7 Å². The third kappa shape index (κ3) is 2.05. The van der Waals surface area contributed by atoms with Gasteiger partial charge in [0.1, 0.15) is 12.0 Å². The lowest BCUT2D eigenvalue weighted by Crippen LogP contribution is -2.32. The van der Waals surface area contributed by atoms with Gasteiger partial charge in [0.25, 0.3) is 0 Å². The van der Waals surface area contributed by atoms with Crippen LogP contribution in [0.3, 0.4) is 0 Å². The van der Waals surface area contributed by atoms with Gasteiger partial charge in [0.2, 0.25) is 0 Å². The summed E-state index contributed by atoms with van der Waals surface area (Å²) in [5.41, 5.74) is 1.14. The maximum atomic E-state index is 12.2. The topological polar surface area (TPSA) is 57.3 Å². The summed E-state index contributed by atoms with van der Waals surface area (Å²) in [5.74, 6) is -0.461. The van der Waals surface area contributed by atoms with E-state index >= 15 is 0 Å². The zero-order valence-corrected chi connectivity index (χ0v) is 12.7. The van der Waals surface area contributed by atoms with Crippen molar-refractivity contribution < 1.29 is 23.7 Å². The highest BCUT2D eigenvalue weighted by atomic mass is 16.7. The number of epoxide rings is 1. The molecule has 116 valence electrons. The zero-order valence-electron chi connectivity index (χ0n) is 12.7. The molecule has 5 nitrogen and oxygen atoms in total. The number of rotatable bonds is 1. The standard InChI is InChI=1S/C16H22O5/c1-8-4-5-11-16(2,21-11)7-10-12-9(6-8)20-15(18-3)13(12)14(17)19-10/h6,9-13,15H,4-5,7H2,1-3H3. The molecule has 4 rings (SSSR count). The van der Waals surface area contributed by atoms with Crippen molar-refractivity contribution in [2.75, 3.05) is 7.11 Å². The summed E-state index contributed by atoms with van der Waals surface area (Å²) in [4.78, 5) is 12.2. The monoisotopic (exact) mass is 294 g/mol. The van der Waals surface area contributed by atoms with E-state index in [0.717, 1.165) is 19.3 Å². The molecular weight excluding hydrogens is 272 g/mol. The Bertz CT molecular complexity index is 501. The van der Waals surface area contributed by atoms with Crippen molar-refractivity contribution in [2.45, 2.75) is 63.3 Å². The Labute approximate surface area is 124 Å². The molecule has 0 bridgehead atoms. The van der Waals surface area contributed by atoms with Gasteiger partial charge in [0, 0.05) is 19.4 Å². The second kappa shape index (κ2) is 4.54. The molecule has 4 aliphatic rings. The van der Waals surface area contributed by atoms with E-state index in [0.29, 0.717) is 0 Å². The average Bonchev–Trinajstić information content (AvgIpc) is 2.78. The number of methoxy groups -OCH3 is 1. The molecule has 0 aromatic heterocycles. The van der Waals surface area contributed by atoms with Crippen molar-refractivity contribution in [3.05, 3.63) is 11.6 Å². The fraction of sp³-hybridized carbons (Fsp3) is 0.812. The van der Waals surface area contributed by atoms with Crippen LogP contribution in [-0.2, 0) is 23.7 Å². The first kappa shape index (κ1) is 13.7. The van der Waals surface area contributed by atoms with Crippen LogP contribution >= 0.6 is 0 Å². The van der Waals surface area contributed by atoms with Crippen molar-refractivity contribution in [1.82, 2.24) is 0 Å². The predicted molar refractivity (Wildman–Crippen MR) is 73.4 cm³/mol. The van der Waals surface area contributed by atoms with Gasteiger partial charge in [-0.25, -0.2) is 0 Å². The van der Waals surface area contributed by atoms with Gasteiger partial charge in [-0.2, -0.15) is 0 Å². The summed E-state index contributed by atoms with van der Waals surface area (Å²) < 4.78 is 22.9. The van der Waals surface area contributed by atoms with E-state index in [1.807, 2.05) is 0 Å². The molecule has 0 N–H and O–H groups in total. The molecule has 3 aliphatic heterocycles. The summed E-state index contributed by atoms with van der Waals surface area (Å²) in [6.45, 7) is 4.24. The van der Waals surface area contributed by atoms with E-state index < -0.39 is 6.29 Å². The van der Waals surface area contributed by atoms with Gasteiger partial charge in [-0.05, 0) is 26.7 Å². The summed E-state index contributed by atoms with van der Waals surface area (Å²) in [6, 6.07) is 0. The second-order valence-electron chi connectivity index (χ2n) is 6.96. The van der Waals surface area contributed by atoms with Crippen molar-refractivity contribution in [3.63, 3.8) is 0 Å². The number of hydrogen-bond donors (Lipinski definition) is 0. The van der Waals surface area contributed by atoms with Crippen molar-refractivity contribution in [1.29, 1.82) is 0 Å². The highest BCUT2D eigenvalue weighted by molar-refractivity contribution is 5.76. The molecule has 0 aromatic rings. The molecule has 3 fully saturated rings. The van der Waals surface area contributed by atoms with Gasteiger partial charge in [0.05, 0.1) is 17.8 Å². The Hall–Kier alpha value is -0.910. The molecule has 0 saturated carbocycles. The van der Waals surface area contributed by atoms with Gasteiger partial charge in [-0.15, -0.1) is 0 Å². The Morgan fingerprint density at radius 2 is 2.24 bits per heavy atom. The molecular formula is C16H22O5. The lowest BCUT2D eigenvalue weighted by Gasteiger charge is -2.23. The largest absolute Gasteiger partial charge is 0.461 e. The van der Waals surface area contributed by atoms with Crippen molar-refractivity contribution >= 4 is 5.97 Å². The Morgan fingerprint density at radius 3 is 3.00 bits per heavy atom. The molecule has 7 unspecified atom stereocenters. The maximum absolute atomic E-state index is 12.2. The van der Waals surface area contributed by atoms with Gasteiger partial charge >= 0.3 is 5.97 Å². The SMILES string of the molecule is COC1OC2C=C(C)CCC3OC3(C)CC3OC(=O)C1C23. The normalized spacial score (nSPS) is 51.8. The first-order valence-electron chi connectivity index (χ1n) is 7.76. The first-order chi connectivity index (χ1) is 10.0. The van der Waals surface area contributed by atoms with E-state index in [2.05, 4.69) is 19.9 Å². The Morgan fingerprint density at radius 1 is 1.43 bits per heavy atom.